The van der Waals surface area contributed by atoms with Crippen LogP contribution in [0.1, 0.15) is 38.4 Å². The van der Waals surface area contributed by atoms with Gasteiger partial charge in [-0.1, -0.05) is 0 Å². The molecule has 1 aromatic rings. The molecule has 1 saturated heterocycles. The summed E-state index contributed by atoms with van der Waals surface area (Å²) in [5.74, 6) is 1.95. The lowest BCUT2D eigenvalue weighted by atomic mass is 10.1. The van der Waals surface area contributed by atoms with Gasteiger partial charge in [0.1, 0.15) is 5.82 Å². The van der Waals surface area contributed by atoms with E-state index in [0.717, 1.165) is 43.1 Å². The number of piperazine rings is 1. The zero-order chi connectivity index (χ0) is 16.7. The molecular formula is C17H27N5OS. The maximum Gasteiger partial charge on any atom is 0.237 e. The Hall–Kier alpha value is -1.21. The van der Waals surface area contributed by atoms with E-state index in [-0.39, 0.29) is 0 Å². The zero-order valence-corrected chi connectivity index (χ0v) is 15.5. The van der Waals surface area contributed by atoms with Crippen molar-refractivity contribution in [2.24, 2.45) is 5.92 Å². The molecule has 1 aromatic heterocycles. The van der Waals surface area contributed by atoms with Crippen LogP contribution in [0, 0.1) is 12.8 Å². The Kier molecular flexibility index (Phi) is 4.47. The lowest BCUT2D eigenvalue weighted by molar-refractivity contribution is -0.135. The van der Waals surface area contributed by atoms with Gasteiger partial charge in [-0.15, -0.1) is 0 Å². The smallest absolute Gasteiger partial charge is 0.237 e. The van der Waals surface area contributed by atoms with E-state index < -0.39 is 0 Å². The molecule has 3 fully saturated rings. The second-order valence-electron chi connectivity index (χ2n) is 7.50. The molecule has 1 aliphatic heterocycles. The molecule has 0 bridgehead atoms. The van der Waals surface area contributed by atoms with Crippen molar-refractivity contribution >= 4 is 22.6 Å². The minimum absolute atomic E-state index is 0.345. The Morgan fingerprint density at radius 2 is 1.96 bits per heavy atom. The van der Waals surface area contributed by atoms with Crippen molar-refractivity contribution in [2.45, 2.75) is 51.6 Å². The lowest BCUT2D eigenvalue weighted by Gasteiger charge is -2.36. The fourth-order valence-electron chi connectivity index (χ4n) is 3.71. The van der Waals surface area contributed by atoms with Crippen LogP contribution in [0.5, 0.6) is 0 Å². The van der Waals surface area contributed by atoms with E-state index in [1.54, 1.807) is 0 Å². The van der Waals surface area contributed by atoms with Crippen molar-refractivity contribution in [3.05, 3.63) is 5.82 Å². The van der Waals surface area contributed by atoms with Gasteiger partial charge < -0.3 is 9.80 Å². The minimum Gasteiger partial charge on any atom is -0.344 e. The summed E-state index contributed by atoms with van der Waals surface area (Å²) in [6, 6.07) is 0.967. The number of carbonyl (C=O) groups is 1. The third-order valence-corrected chi connectivity index (χ3v) is 6.36. The van der Waals surface area contributed by atoms with Crippen LogP contribution in [0.2, 0.25) is 0 Å². The largest absolute Gasteiger partial charge is 0.344 e. The third kappa shape index (κ3) is 3.57. The number of rotatable bonds is 6. The summed E-state index contributed by atoms with van der Waals surface area (Å²) in [6.07, 6.45) is 5.01. The van der Waals surface area contributed by atoms with Gasteiger partial charge in [-0.05, 0) is 45.4 Å². The number of aryl methyl sites for hydroxylation is 1. The molecule has 2 heterocycles. The fourth-order valence-corrected chi connectivity index (χ4v) is 4.43. The maximum absolute atomic E-state index is 12.9. The molecule has 2 aliphatic carbocycles. The Morgan fingerprint density at radius 3 is 2.50 bits per heavy atom. The number of carbonyl (C=O) groups excluding carboxylic acids is 1. The summed E-state index contributed by atoms with van der Waals surface area (Å²) < 4.78 is 4.27. The predicted molar refractivity (Wildman–Crippen MR) is 95.4 cm³/mol. The van der Waals surface area contributed by atoms with Crippen LogP contribution >= 0.6 is 11.5 Å². The van der Waals surface area contributed by atoms with Gasteiger partial charge in [0.2, 0.25) is 11.0 Å². The molecule has 7 heteroatoms. The first-order chi connectivity index (χ1) is 11.6. The van der Waals surface area contributed by atoms with Crippen LogP contribution in [0.25, 0.3) is 0 Å². The SMILES string of the molecule is Cc1nsc(N2CCN(CC(=O)N(C3CC3)[C@@H](C)C3CC3)CC2)n1. The normalized spacial score (nSPS) is 23.3. The molecule has 0 N–H and O–H groups in total. The Balaban J connectivity index is 1.30. The average Bonchev–Trinajstić information content (AvgIpc) is 3.47. The van der Waals surface area contributed by atoms with Crippen LogP contribution in [-0.2, 0) is 4.79 Å². The summed E-state index contributed by atoms with van der Waals surface area (Å²) in [6.45, 7) is 8.50. The zero-order valence-electron chi connectivity index (χ0n) is 14.6. The average molecular weight is 350 g/mol. The standard InChI is InChI=1S/C17H27N5OS/c1-12(14-3-4-14)22(15-5-6-15)16(23)11-20-7-9-21(10-8-20)17-18-13(2)19-24-17/h12,14-15H,3-11H2,1-2H3/t12-/m0/s1. The van der Waals surface area contributed by atoms with Gasteiger partial charge in [0.15, 0.2) is 0 Å². The van der Waals surface area contributed by atoms with Gasteiger partial charge in [-0.2, -0.15) is 4.37 Å². The van der Waals surface area contributed by atoms with Crippen molar-refractivity contribution < 1.29 is 4.79 Å². The molecule has 6 nitrogen and oxygen atoms in total. The van der Waals surface area contributed by atoms with Crippen molar-refractivity contribution in [2.75, 3.05) is 37.6 Å². The lowest BCUT2D eigenvalue weighted by Crippen LogP contribution is -2.52. The number of anilines is 1. The fraction of sp³-hybridized carbons (Fsp3) is 0.824. The van der Waals surface area contributed by atoms with Crippen LogP contribution in [0.4, 0.5) is 5.13 Å². The molecule has 0 unspecified atom stereocenters. The number of hydrogen-bond acceptors (Lipinski definition) is 6. The van der Waals surface area contributed by atoms with E-state index in [0.29, 0.717) is 24.5 Å². The molecule has 24 heavy (non-hydrogen) atoms. The van der Waals surface area contributed by atoms with Gasteiger partial charge in [-0.25, -0.2) is 4.98 Å². The van der Waals surface area contributed by atoms with E-state index in [1.807, 2.05) is 6.92 Å². The molecule has 2 saturated carbocycles. The molecule has 132 valence electrons. The first-order valence-corrected chi connectivity index (χ1v) is 9.98. The topological polar surface area (TPSA) is 52.6 Å². The van der Waals surface area contributed by atoms with Crippen molar-refractivity contribution in [1.82, 2.24) is 19.2 Å². The number of nitrogens with zero attached hydrogens (tertiary/aromatic N) is 5. The van der Waals surface area contributed by atoms with Crippen LogP contribution in [-0.4, -0.2) is 69.9 Å². The van der Waals surface area contributed by atoms with E-state index in [9.17, 15) is 4.79 Å². The highest BCUT2D eigenvalue weighted by Crippen LogP contribution is 2.39. The first-order valence-electron chi connectivity index (χ1n) is 9.20. The molecule has 1 amide bonds. The molecule has 0 spiro atoms. The molecule has 0 radical (unpaired) electrons. The van der Waals surface area contributed by atoms with E-state index in [1.165, 1.54) is 37.2 Å². The molecular weight excluding hydrogens is 322 g/mol. The second kappa shape index (κ2) is 6.59. The maximum atomic E-state index is 12.9. The summed E-state index contributed by atoms with van der Waals surface area (Å²) in [5, 5.41) is 1.01. The number of amides is 1. The van der Waals surface area contributed by atoms with Crippen molar-refractivity contribution in [3.63, 3.8) is 0 Å². The Labute approximate surface area is 148 Å². The minimum atomic E-state index is 0.345. The highest BCUT2D eigenvalue weighted by molar-refractivity contribution is 7.09. The van der Waals surface area contributed by atoms with Gasteiger partial charge in [-0.3, -0.25) is 9.69 Å². The number of hydrogen-bond donors (Lipinski definition) is 0. The first kappa shape index (κ1) is 16.3. The second-order valence-corrected chi connectivity index (χ2v) is 8.23. The Bertz CT molecular complexity index is 590. The van der Waals surface area contributed by atoms with Crippen molar-refractivity contribution in [3.8, 4) is 0 Å². The van der Waals surface area contributed by atoms with Crippen LogP contribution in [0.15, 0.2) is 0 Å². The molecule has 1 atom stereocenters. The predicted octanol–water partition coefficient (Wildman–Crippen LogP) is 1.76. The number of aromatic nitrogens is 2. The van der Waals surface area contributed by atoms with E-state index in [4.69, 9.17) is 0 Å². The highest BCUT2D eigenvalue weighted by Gasteiger charge is 2.41. The van der Waals surface area contributed by atoms with E-state index >= 15 is 0 Å². The summed E-state index contributed by atoms with van der Waals surface area (Å²) >= 11 is 1.47. The van der Waals surface area contributed by atoms with Gasteiger partial charge in [0.25, 0.3) is 0 Å². The monoisotopic (exact) mass is 349 g/mol. The molecule has 4 rings (SSSR count). The van der Waals surface area contributed by atoms with Crippen LogP contribution < -0.4 is 4.90 Å². The summed E-state index contributed by atoms with van der Waals surface area (Å²) in [7, 11) is 0. The highest BCUT2D eigenvalue weighted by atomic mass is 32.1. The van der Waals surface area contributed by atoms with Gasteiger partial charge in [0.05, 0.1) is 6.54 Å². The summed E-state index contributed by atoms with van der Waals surface area (Å²) in [4.78, 5) is 24.2. The van der Waals surface area contributed by atoms with Gasteiger partial charge in [0, 0.05) is 49.8 Å². The summed E-state index contributed by atoms with van der Waals surface area (Å²) in [5.41, 5.74) is 0. The van der Waals surface area contributed by atoms with E-state index in [2.05, 4.69) is 31.0 Å². The third-order valence-electron chi connectivity index (χ3n) is 5.49. The molecule has 0 aromatic carbocycles. The quantitative estimate of drug-likeness (QED) is 0.783. The molecule has 3 aliphatic rings. The Morgan fingerprint density at radius 1 is 1.25 bits per heavy atom. The van der Waals surface area contributed by atoms with Crippen molar-refractivity contribution in [1.29, 1.82) is 0 Å². The van der Waals surface area contributed by atoms with Gasteiger partial charge >= 0.3 is 0 Å². The van der Waals surface area contributed by atoms with Crippen LogP contribution in [0.3, 0.4) is 0 Å².